The first kappa shape index (κ1) is 11.4. The molecule has 1 aliphatic rings. The summed E-state index contributed by atoms with van der Waals surface area (Å²) in [5.41, 5.74) is 6.43. The Morgan fingerprint density at radius 3 is 2.69 bits per heavy atom. The summed E-state index contributed by atoms with van der Waals surface area (Å²) in [6.45, 7) is 5.85. The molecule has 1 aromatic carbocycles. The fourth-order valence-corrected chi connectivity index (χ4v) is 1.98. The van der Waals surface area contributed by atoms with Crippen molar-refractivity contribution in [3.8, 4) is 5.75 Å². The summed E-state index contributed by atoms with van der Waals surface area (Å²) < 4.78 is 19.4. The maximum atomic E-state index is 13.7. The van der Waals surface area contributed by atoms with Gasteiger partial charge in [-0.3, -0.25) is 0 Å². The van der Waals surface area contributed by atoms with Crippen LogP contribution in [0.2, 0.25) is 0 Å². The van der Waals surface area contributed by atoms with Crippen LogP contribution in [0.4, 0.5) is 4.39 Å². The number of aryl methyl sites for hydroxylation is 1. The van der Waals surface area contributed by atoms with Gasteiger partial charge in [0, 0.05) is 17.9 Å². The van der Waals surface area contributed by atoms with Gasteiger partial charge in [0.15, 0.2) is 11.6 Å². The van der Waals surface area contributed by atoms with Crippen molar-refractivity contribution in [2.24, 2.45) is 11.1 Å². The lowest BCUT2D eigenvalue weighted by atomic mass is 9.65. The van der Waals surface area contributed by atoms with Crippen molar-refractivity contribution in [2.45, 2.75) is 39.3 Å². The lowest BCUT2D eigenvalue weighted by Crippen LogP contribution is -2.60. The largest absolute Gasteiger partial charge is 0.487 e. The normalized spacial score (nSPS) is 27.3. The van der Waals surface area contributed by atoms with E-state index in [1.807, 2.05) is 0 Å². The molecule has 1 saturated carbocycles. The van der Waals surface area contributed by atoms with Crippen LogP contribution in [0.5, 0.6) is 5.75 Å². The number of hydrogen-bond donors (Lipinski definition) is 1. The Morgan fingerprint density at radius 1 is 1.44 bits per heavy atom. The molecule has 16 heavy (non-hydrogen) atoms. The second-order valence-electron chi connectivity index (χ2n) is 5.16. The van der Waals surface area contributed by atoms with E-state index in [2.05, 4.69) is 13.8 Å². The van der Waals surface area contributed by atoms with Crippen LogP contribution in [-0.4, -0.2) is 12.1 Å². The average molecular weight is 223 g/mol. The molecule has 2 nitrogen and oxygen atoms in total. The first-order valence-corrected chi connectivity index (χ1v) is 5.60. The number of nitrogens with two attached hydrogens (primary N) is 1. The molecule has 1 aliphatic carbocycles. The number of rotatable bonds is 2. The predicted molar refractivity (Wildman–Crippen MR) is 61.9 cm³/mol. The second-order valence-corrected chi connectivity index (χ2v) is 5.16. The highest BCUT2D eigenvalue weighted by atomic mass is 19.1. The molecule has 88 valence electrons. The topological polar surface area (TPSA) is 35.2 Å². The molecular weight excluding hydrogens is 205 g/mol. The Balaban J connectivity index is 2.14. The zero-order valence-corrected chi connectivity index (χ0v) is 9.96. The van der Waals surface area contributed by atoms with Gasteiger partial charge in [0.2, 0.25) is 0 Å². The fraction of sp³-hybridized carbons (Fsp3) is 0.538. The highest BCUT2D eigenvalue weighted by molar-refractivity contribution is 5.30. The average Bonchev–Trinajstić information content (AvgIpc) is 2.24. The van der Waals surface area contributed by atoms with Gasteiger partial charge < -0.3 is 10.5 Å². The van der Waals surface area contributed by atoms with Crippen LogP contribution in [0, 0.1) is 18.2 Å². The fourth-order valence-electron chi connectivity index (χ4n) is 1.98. The molecular formula is C13H18FNO. The summed E-state index contributed by atoms with van der Waals surface area (Å²) in [5.74, 6) is 0.0729. The molecule has 0 spiro atoms. The minimum Gasteiger partial charge on any atom is -0.487 e. The van der Waals surface area contributed by atoms with Gasteiger partial charge in [0.1, 0.15) is 6.10 Å². The lowest BCUT2D eigenvalue weighted by Gasteiger charge is -2.49. The molecule has 0 aromatic heterocycles. The molecule has 0 heterocycles. The van der Waals surface area contributed by atoms with Crippen LogP contribution >= 0.6 is 0 Å². The van der Waals surface area contributed by atoms with E-state index in [-0.39, 0.29) is 23.4 Å². The van der Waals surface area contributed by atoms with Crippen molar-refractivity contribution in [2.75, 3.05) is 0 Å². The first-order valence-electron chi connectivity index (χ1n) is 5.60. The summed E-state index contributed by atoms with van der Waals surface area (Å²) >= 11 is 0. The zero-order valence-electron chi connectivity index (χ0n) is 9.96. The quantitative estimate of drug-likeness (QED) is 0.836. The molecule has 0 bridgehead atoms. The number of ether oxygens (including phenoxy) is 1. The van der Waals surface area contributed by atoms with Crippen molar-refractivity contribution >= 4 is 0 Å². The van der Waals surface area contributed by atoms with Crippen LogP contribution in [-0.2, 0) is 0 Å². The molecule has 0 saturated heterocycles. The molecule has 2 N–H and O–H groups in total. The van der Waals surface area contributed by atoms with E-state index in [1.165, 1.54) is 0 Å². The number of hydrogen-bond acceptors (Lipinski definition) is 2. The van der Waals surface area contributed by atoms with Gasteiger partial charge in [0.05, 0.1) is 0 Å². The van der Waals surface area contributed by atoms with Gasteiger partial charge in [-0.2, -0.15) is 0 Å². The molecule has 1 fully saturated rings. The van der Waals surface area contributed by atoms with E-state index in [0.29, 0.717) is 11.3 Å². The molecule has 3 heteroatoms. The van der Waals surface area contributed by atoms with Gasteiger partial charge in [-0.15, -0.1) is 0 Å². The van der Waals surface area contributed by atoms with Crippen molar-refractivity contribution in [3.05, 3.63) is 29.6 Å². The predicted octanol–water partition coefficient (Wildman–Crippen LogP) is 2.64. The van der Waals surface area contributed by atoms with Gasteiger partial charge >= 0.3 is 0 Å². The zero-order chi connectivity index (χ0) is 11.9. The highest BCUT2D eigenvalue weighted by Gasteiger charge is 2.48. The SMILES string of the molecule is Cc1cccc(OC2CC(N)C2(C)C)c1F. The first-order chi connectivity index (χ1) is 7.43. The number of benzene rings is 1. The van der Waals surface area contributed by atoms with Crippen LogP contribution in [0.3, 0.4) is 0 Å². The highest BCUT2D eigenvalue weighted by Crippen LogP contribution is 2.42. The molecule has 2 rings (SSSR count). The molecule has 0 aliphatic heterocycles. The maximum Gasteiger partial charge on any atom is 0.167 e. The Kier molecular flexibility index (Phi) is 2.66. The van der Waals surface area contributed by atoms with Crippen LogP contribution < -0.4 is 10.5 Å². The summed E-state index contributed by atoms with van der Waals surface area (Å²) in [5, 5.41) is 0. The molecule has 0 amide bonds. The van der Waals surface area contributed by atoms with Crippen molar-refractivity contribution in [1.29, 1.82) is 0 Å². The van der Waals surface area contributed by atoms with Crippen LogP contribution in [0.1, 0.15) is 25.8 Å². The standard InChI is InChI=1S/C13H18FNO/c1-8-5-4-6-9(12(8)14)16-11-7-10(15)13(11,2)3/h4-6,10-11H,7,15H2,1-3H3. The third-order valence-corrected chi connectivity index (χ3v) is 3.68. The minimum atomic E-state index is -0.265. The molecule has 0 radical (unpaired) electrons. The maximum absolute atomic E-state index is 13.7. The van der Waals surface area contributed by atoms with Gasteiger partial charge in [0.25, 0.3) is 0 Å². The third-order valence-electron chi connectivity index (χ3n) is 3.68. The van der Waals surface area contributed by atoms with Gasteiger partial charge in [-0.05, 0) is 18.6 Å². The molecule has 2 atom stereocenters. The van der Waals surface area contributed by atoms with Crippen molar-refractivity contribution in [1.82, 2.24) is 0 Å². The van der Waals surface area contributed by atoms with Crippen molar-refractivity contribution in [3.63, 3.8) is 0 Å². The summed E-state index contributed by atoms with van der Waals surface area (Å²) in [4.78, 5) is 0. The Labute approximate surface area is 95.6 Å². The second kappa shape index (κ2) is 3.74. The Hall–Kier alpha value is -1.09. The third kappa shape index (κ3) is 1.69. The van der Waals surface area contributed by atoms with Gasteiger partial charge in [-0.1, -0.05) is 26.0 Å². The Bertz CT molecular complexity index is 403. The van der Waals surface area contributed by atoms with E-state index in [0.717, 1.165) is 6.42 Å². The van der Waals surface area contributed by atoms with Crippen LogP contribution in [0.25, 0.3) is 0 Å². The van der Waals surface area contributed by atoms with Crippen LogP contribution in [0.15, 0.2) is 18.2 Å². The van der Waals surface area contributed by atoms with E-state index < -0.39 is 0 Å². The Morgan fingerprint density at radius 2 is 2.12 bits per heavy atom. The van der Waals surface area contributed by atoms with E-state index >= 15 is 0 Å². The summed E-state index contributed by atoms with van der Waals surface area (Å²) in [6.07, 6.45) is 0.805. The number of halogens is 1. The monoisotopic (exact) mass is 223 g/mol. The molecule has 1 aromatic rings. The smallest absolute Gasteiger partial charge is 0.167 e. The van der Waals surface area contributed by atoms with E-state index in [9.17, 15) is 4.39 Å². The van der Waals surface area contributed by atoms with Gasteiger partial charge in [-0.25, -0.2) is 4.39 Å². The van der Waals surface area contributed by atoms with E-state index in [1.54, 1.807) is 25.1 Å². The summed E-state index contributed by atoms with van der Waals surface area (Å²) in [7, 11) is 0. The molecule has 2 unspecified atom stereocenters. The van der Waals surface area contributed by atoms with E-state index in [4.69, 9.17) is 10.5 Å². The summed E-state index contributed by atoms with van der Waals surface area (Å²) in [6, 6.07) is 5.35. The van der Waals surface area contributed by atoms with Crippen molar-refractivity contribution < 1.29 is 9.13 Å². The lowest BCUT2D eigenvalue weighted by molar-refractivity contribution is -0.0419. The minimum absolute atomic E-state index is 0.0128.